The number of aromatic nitrogens is 2. The van der Waals surface area contributed by atoms with Gasteiger partial charge in [-0.15, -0.1) is 0 Å². The monoisotopic (exact) mass is 272 g/mol. The molecule has 3 N–H and O–H groups in total. The lowest BCUT2D eigenvalue weighted by molar-refractivity contribution is -0.125. The van der Waals surface area contributed by atoms with Gasteiger partial charge in [0.2, 0.25) is 5.91 Å². The highest BCUT2D eigenvalue weighted by Gasteiger charge is 2.24. The molecule has 0 fully saturated rings. The molecule has 1 aromatic rings. The van der Waals surface area contributed by atoms with Crippen LogP contribution >= 0.6 is 15.9 Å². The predicted molar refractivity (Wildman–Crippen MR) is 61.2 cm³/mol. The Morgan fingerprint density at radius 2 is 2.33 bits per heavy atom. The number of hydrogen-bond donors (Lipinski definition) is 2. The molecule has 15 heavy (non-hydrogen) atoms. The third-order valence-electron chi connectivity index (χ3n) is 2.03. The van der Waals surface area contributed by atoms with Crippen molar-refractivity contribution in [2.45, 2.75) is 13.8 Å². The second kappa shape index (κ2) is 4.57. The van der Waals surface area contributed by atoms with Crippen molar-refractivity contribution < 1.29 is 4.79 Å². The molecule has 0 atom stereocenters. The molecule has 0 aromatic carbocycles. The van der Waals surface area contributed by atoms with E-state index in [4.69, 9.17) is 5.73 Å². The van der Waals surface area contributed by atoms with Crippen molar-refractivity contribution in [3.8, 4) is 0 Å². The lowest BCUT2D eigenvalue weighted by atomic mass is 9.93. The summed E-state index contributed by atoms with van der Waals surface area (Å²) in [5, 5.41) is 3.04. The van der Waals surface area contributed by atoms with Gasteiger partial charge in [-0.25, -0.2) is 9.97 Å². The third kappa shape index (κ3) is 3.16. The van der Waals surface area contributed by atoms with Crippen molar-refractivity contribution in [1.29, 1.82) is 0 Å². The Balaban J connectivity index is 2.66. The fraction of sp³-hybridized carbons (Fsp3) is 0.444. The first-order chi connectivity index (χ1) is 6.93. The highest BCUT2D eigenvalue weighted by atomic mass is 79.9. The van der Waals surface area contributed by atoms with E-state index in [-0.39, 0.29) is 5.91 Å². The first-order valence-electron chi connectivity index (χ1n) is 4.43. The molecule has 0 bridgehead atoms. The number of nitrogens with zero attached hydrogens (tertiary/aromatic N) is 2. The van der Waals surface area contributed by atoms with Gasteiger partial charge in [-0.3, -0.25) is 4.79 Å². The Kier molecular flexibility index (Phi) is 3.62. The average molecular weight is 273 g/mol. The van der Waals surface area contributed by atoms with E-state index in [0.717, 1.165) is 4.47 Å². The summed E-state index contributed by atoms with van der Waals surface area (Å²) in [6, 6.07) is 0. The zero-order chi connectivity index (χ0) is 11.5. The standard InChI is InChI=1S/C9H13BrN4O/c1-9(2,8(11)15)4-13-7-6(10)3-12-5-14-7/h3,5H,4H2,1-2H3,(H2,11,15)(H,12,13,14). The zero-order valence-electron chi connectivity index (χ0n) is 8.62. The van der Waals surface area contributed by atoms with Gasteiger partial charge in [-0.05, 0) is 29.8 Å². The van der Waals surface area contributed by atoms with Gasteiger partial charge in [0.1, 0.15) is 12.1 Å². The van der Waals surface area contributed by atoms with Gasteiger partial charge in [0.05, 0.1) is 9.89 Å². The van der Waals surface area contributed by atoms with Crippen LogP contribution in [0, 0.1) is 5.41 Å². The summed E-state index contributed by atoms with van der Waals surface area (Å²) >= 11 is 3.30. The molecule has 0 aliphatic carbocycles. The van der Waals surface area contributed by atoms with Crippen LogP contribution in [0.25, 0.3) is 0 Å². The summed E-state index contributed by atoms with van der Waals surface area (Å²) in [6.07, 6.45) is 3.07. The lowest BCUT2D eigenvalue weighted by Gasteiger charge is -2.21. The summed E-state index contributed by atoms with van der Waals surface area (Å²) in [7, 11) is 0. The Morgan fingerprint density at radius 1 is 1.67 bits per heavy atom. The van der Waals surface area contributed by atoms with Crippen LogP contribution < -0.4 is 11.1 Å². The maximum absolute atomic E-state index is 11.1. The van der Waals surface area contributed by atoms with Crippen LogP contribution in [0.2, 0.25) is 0 Å². The topological polar surface area (TPSA) is 80.9 Å². The first-order valence-corrected chi connectivity index (χ1v) is 5.22. The Labute approximate surface area is 96.6 Å². The number of carbonyl (C=O) groups excluding carboxylic acids is 1. The predicted octanol–water partition coefficient (Wildman–Crippen LogP) is 1.16. The van der Waals surface area contributed by atoms with Crippen molar-refractivity contribution in [1.82, 2.24) is 9.97 Å². The van der Waals surface area contributed by atoms with Gasteiger partial charge >= 0.3 is 0 Å². The molecule has 0 radical (unpaired) electrons. The number of rotatable bonds is 4. The van der Waals surface area contributed by atoms with Crippen molar-refractivity contribution in [3.05, 3.63) is 17.0 Å². The van der Waals surface area contributed by atoms with Crippen molar-refractivity contribution in [2.24, 2.45) is 11.1 Å². The van der Waals surface area contributed by atoms with Crippen LogP contribution in [0.1, 0.15) is 13.8 Å². The van der Waals surface area contributed by atoms with E-state index >= 15 is 0 Å². The van der Waals surface area contributed by atoms with E-state index in [0.29, 0.717) is 12.4 Å². The number of halogens is 1. The summed E-state index contributed by atoms with van der Waals surface area (Å²) in [5.74, 6) is 0.305. The van der Waals surface area contributed by atoms with E-state index in [1.54, 1.807) is 20.0 Å². The Hall–Kier alpha value is -1.17. The molecular formula is C9H13BrN4O. The average Bonchev–Trinajstić information content (AvgIpc) is 2.16. The summed E-state index contributed by atoms with van der Waals surface area (Å²) in [4.78, 5) is 18.9. The van der Waals surface area contributed by atoms with E-state index in [9.17, 15) is 4.79 Å². The van der Waals surface area contributed by atoms with E-state index in [2.05, 4.69) is 31.2 Å². The quantitative estimate of drug-likeness (QED) is 0.862. The number of hydrogen-bond acceptors (Lipinski definition) is 4. The van der Waals surface area contributed by atoms with Gasteiger partial charge in [-0.1, -0.05) is 0 Å². The first kappa shape index (κ1) is 11.9. The Bertz CT molecular complexity index is 367. The van der Waals surface area contributed by atoms with Gasteiger partial charge < -0.3 is 11.1 Å². The number of carbonyl (C=O) groups is 1. The van der Waals surface area contributed by atoms with Gasteiger partial charge in [-0.2, -0.15) is 0 Å². The highest BCUT2D eigenvalue weighted by Crippen LogP contribution is 2.20. The van der Waals surface area contributed by atoms with E-state index in [1.807, 2.05) is 0 Å². The molecule has 0 aliphatic rings. The van der Waals surface area contributed by atoms with Gasteiger partial charge in [0.25, 0.3) is 0 Å². The van der Waals surface area contributed by atoms with Crippen LogP contribution in [-0.4, -0.2) is 22.4 Å². The molecule has 1 aromatic heterocycles. The number of anilines is 1. The molecule has 6 heteroatoms. The zero-order valence-corrected chi connectivity index (χ0v) is 10.2. The molecule has 0 saturated carbocycles. The minimum atomic E-state index is -0.607. The smallest absolute Gasteiger partial charge is 0.224 e. The van der Waals surface area contributed by atoms with E-state index in [1.165, 1.54) is 6.33 Å². The molecule has 82 valence electrons. The van der Waals surface area contributed by atoms with Crippen LogP contribution in [-0.2, 0) is 4.79 Å². The minimum Gasteiger partial charge on any atom is -0.369 e. The maximum atomic E-state index is 11.1. The summed E-state index contributed by atoms with van der Waals surface area (Å²) in [6.45, 7) is 3.98. The van der Waals surface area contributed by atoms with Crippen LogP contribution in [0.15, 0.2) is 17.0 Å². The molecule has 0 spiro atoms. The van der Waals surface area contributed by atoms with Crippen molar-refractivity contribution in [3.63, 3.8) is 0 Å². The number of nitrogens with one attached hydrogen (secondary N) is 1. The third-order valence-corrected chi connectivity index (χ3v) is 2.61. The second-order valence-corrected chi connectivity index (χ2v) is 4.68. The van der Waals surface area contributed by atoms with Crippen LogP contribution in [0.5, 0.6) is 0 Å². The summed E-state index contributed by atoms with van der Waals surface area (Å²) < 4.78 is 0.755. The number of nitrogens with two attached hydrogens (primary N) is 1. The molecule has 5 nitrogen and oxygen atoms in total. The van der Waals surface area contributed by atoms with E-state index < -0.39 is 5.41 Å². The molecule has 0 unspecified atom stereocenters. The van der Waals surface area contributed by atoms with Gasteiger partial charge in [0, 0.05) is 12.7 Å². The number of amides is 1. The van der Waals surface area contributed by atoms with Crippen LogP contribution in [0.4, 0.5) is 5.82 Å². The SMILES string of the molecule is CC(C)(CNc1ncncc1Br)C(N)=O. The largest absolute Gasteiger partial charge is 0.369 e. The van der Waals surface area contributed by atoms with Crippen molar-refractivity contribution in [2.75, 3.05) is 11.9 Å². The Morgan fingerprint density at radius 3 is 2.87 bits per heavy atom. The second-order valence-electron chi connectivity index (χ2n) is 3.82. The van der Waals surface area contributed by atoms with Gasteiger partial charge in [0.15, 0.2) is 0 Å². The highest BCUT2D eigenvalue weighted by molar-refractivity contribution is 9.10. The fourth-order valence-electron chi connectivity index (χ4n) is 0.835. The number of primary amides is 1. The molecule has 0 aliphatic heterocycles. The lowest BCUT2D eigenvalue weighted by Crippen LogP contribution is -2.37. The molecule has 1 heterocycles. The summed E-state index contributed by atoms with van der Waals surface area (Å²) in [5.41, 5.74) is 4.64. The fourth-order valence-corrected chi connectivity index (χ4v) is 1.20. The minimum absolute atomic E-state index is 0.347. The molecule has 0 saturated heterocycles. The van der Waals surface area contributed by atoms with Crippen molar-refractivity contribution >= 4 is 27.7 Å². The molecular weight excluding hydrogens is 260 g/mol. The molecule has 1 amide bonds. The maximum Gasteiger partial charge on any atom is 0.224 e. The molecule has 1 rings (SSSR count). The normalized spacial score (nSPS) is 11.1. The van der Waals surface area contributed by atoms with Crippen LogP contribution in [0.3, 0.4) is 0 Å².